The molecule has 6 heteroatoms. The number of aliphatic hydroxyl groups is 1. The standard InChI is InChI=1S/C15H15Cl2NO2S/c1-18-15(14-12(19)3-2-4-13(14)20)21-8-9-5-6-10(16)7-11(9)17/h5-7,19H,2-4,8H2,1H3. The number of nitrogens with zero attached hydrogens (tertiary/aromatic N) is 1. The van der Waals surface area contributed by atoms with Gasteiger partial charge in [0.05, 0.1) is 5.57 Å². The van der Waals surface area contributed by atoms with Gasteiger partial charge in [-0.25, -0.2) is 0 Å². The van der Waals surface area contributed by atoms with E-state index in [0.717, 1.165) is 5.56 Å². The van der Waals surface area contributed by atoms with E-state index in [-0.39, 0.29) is 11.5 Å². The normalized spacial score (nSPS) is 16.5. The highest BCUT2D eigenvalue weighted by Crippen LogP contribution is 2.30. The Bertz CT molecular complexity index is 626. The van der Waals surface area contributed by atoms with Crippen molar-refractivity contribution < 1.29 is 9.90 Å². The fourth-order valence-corrected chi connectivity index (χ4v) is 3.71. The van der Waals surface area contributed by atoms with E-state index in [4.69, 9.17) is 23.2 Å². The number of ketones is 1. The van der Waals surface area contributed by atoms with Gasteiger partial charge < -0.3 is 5.11 Å². The lowest BCUT2D eigenvalue weighted by molar-refractivity contribution is -0.115. The molecule has 0 bridgehead atoms. The van der Waals surface area contributed by atoms with Gasteiger partial charge in [0, 0.05) is 35.7 Å². The largest absolute Gasteiger partial charge is 0.511 e. The summed E-state index contributed by atoms with van der Waals surface area (Å²) in [5.74, 6) is 0.655. The first-order valence-electron chi connectivity index (χ1n) is 6.52. The molecule has 1 aliphatic carbocycles. The van der Waals surface area contributed by atoms with Crippen LogP contribution in [0, 0.1) is 0 Å². The molecular formula is C15H15Cl2NO2S. The molecule has 0 saturated heterocycles. The van der Waals surface area contributed by atoms with Crippen molar-refractivity contribution in [2.45, 2.75) is 25.0 Å². The first-order chi connectivity index (χ1) is 10.0. The van der Waals surface area contributed by atoms with E-state index in [1.807, 2.05) is 6.07 Å². The number of allylic oxidation sites excluding steroid dienone is 1. The average Bonchev–Trinajstić information content (AvgIpc) is 2.43. The van der Waals surface area contributed by atoms with Crippen molar-refractivity contribution in [3.8, 4) is 0 Å². The van der Waals surface area contributed by atoms with Gasteiger partial charge >= 0.3 is 0 Å². The Labute approximate surface area is 138 Å². The van der Waals surface area contributed by atoms with Gasteiger partial charge in [0.25, 0.3) is 0 Å². The van der Waals surface area contributed by atoms with Crippen molar-refractivity contribution in [3.63, 3.8) is 0 Å². The molecule has 3 nitrogen and oxygen atoms in total. The number of carbonyl (C=O) groups is 1. The summed E-state index contributed by atoms with van der Waals surface area (Å²) >= 11 is 13.4. The summed E-state index contributed by atoms with van der Waals surface area (Å²) in [6, 6.07) is 5.31. The van der Waals surface area contributed by atoms with Gasteiger partial charge in [0.2, 0.25) is 0 Å². The van der Waals surface area contributed by atoms with Crippen molar-refractivity contribution in [2.75, 3.05) is 7.05 Å². The van der Waals surface area contributed by atoms with Crippen molar-refractivity contribution in [1.82, 2.24) is 0 Å². The summed E-state index contributed by atoms with van der Waals surface area (Å²) < 4.78 is 0. The van der Waals surface area contributed by atoms with Gasteiger partial charge in [-0.05, 0) is 24.1 Å². The second-order valence-corrected chi connectivity index (χ2v) is 6.46. The zero-order valence-electron chi connectivity index (χ0n) is 11.5. The second kappa shape index (κ2) is 7.34. The van der Waals surface area contributed by atoms with E-state index in [1.54, 1.807) is 19.2 Å². The van der Waals surface area contributed by atoms with Gasteiger partial charge in [-0.2, -0.15) is 0 Å². The molecular weight excluding hydrogens is 329 g/mol. The molecule has 0 unspecified atom stereocenters. The van der Waals surface area contributed by atoms with Crippen LogP contribution in [0.1, 0.15) is 24.8 Å². The lowest BCUT2D eigenvalue weighted by Crippen LogP contribution is -2.17. The number of Topliss-reactive ketones (excluding diaryl/α,β-unsaturated/α-hetero) is 1. The Kier molecular flexibility index (Phi) is 5.73. The number of thioether (sulfide) groups is 1. The fraction of sp³-hybridized carbons (Fsp3) is 0.333. The highest BCUT2D eigenvalue weighted by Gasteiger charge is 2.24. The monoisotopic (exact) mass is 343 g/mol. The molecule has 2 rings (SSSR count). The summed E-state index contributed by atoms with van der Waals surface area (Å²) in [6.07, 6.45) is 1.68. The molecule has 0 heterocycles. The van der Waals surface area contributed by atoms with Crippen molar-refractivity contribution in [1.29, 1.82) is 0 Å². The molecule has 1 aliphatic rings. The third-order valence-electron chi connectivity index (χ3n) is 3.18. The van der Waals surface area contributed by atoms with Gasteiger partial charge in [0.1, 0.15) is 10.8 Å². The lowest BCUT2D eigenvalue weighted by Gasteiger charge is -2.16. The molecule has 0 radical (unpaired) electrons. The Morgan fingerprint density at radius 2 is 2.14 bits per heavy atom. The molecule has 0 spiro atoms. The predicted molar refractivity (Wildman–Crippen MR) is 89.6 cm³/mol. The second-order valence-electron chi connectivity index (χ2n) is 4.65. The molecule has 112 valence electrons. The van der Waals surface area contributed by atoms with Crippen LogP contribution in [-0.4, -0.2) is 23.0 Å². The number of hydrogen-bond acceptors (Lipinski definition) is 4. The lowest BCUT2D eigenvalue weighted by atomic mass is 9.97. The van der Waals surface area contributed by atoms with Crippen LogP contribution in [0.25, 0.3) is 0 Å². The molecule has 0 atom stereocenters. The smallest absolute Gasteiger partial charge is 0.168 e. The van der Waals surface area contributed by atoms with Crippen LogP contribution in [0.3, 0.4) is 0 Å². The first kappa shape index (κ1) is 16.4. The Morgan fingerprint density at radius 1 is 1.38 bits per heavy atom. The van der Waals surface area contributed by atoms with E-state index >= 15 is 0 Å². The first-order valence-corrected chi connectivity index (χ1v) is 8.26. The molecule has 0 aliphatic heterocycles. The van der Waals surface area contributed by atoms with Crippen LogP contribution in [-0.2, 0) is 10.5 Å². The minimum absolute atomic E-state index is 0.0472. The van der Waals surface area contributed by atoms with Gasteiger partial charge in [-0.15, -0.1) is 11.8 Å². The number of benzene rings is 1. The van der Waals surface area contributed by atoms with E-state index in [1.165, 1.54) is 11.8 Å². The van der Waals surface area contributed by atoms with E-state index in [2.05, 4.69) is 4.99 Å². The molecule has 21 heavy (non-hydrogen) atoms. The molecule has 1 N–H and O–H groups in total. The van der Waals surface area contributed by atoms with Crippen molar-refractivity contribution >= 4 is 45.8 Å². The van der Waals surface area contributed by atoms with Crippen LogP contribution in [0.2, 0.25) is 10.0 Å². The SMILES string of the molecule is CN=C(SCc1ccc(Cl)cc1Cl)C1=C(O)CCCC1=O. The average molecular weight is 344 g/mol. The molecule has 0 fully saturated rings. The molecule has 0 amide bonds. The van der Waals surface area contributed by atoms with Crippen LogP contribution >= 0.6 is 35.0 Å². The Morgan fingerprint density at radius 3 is 2.76 bits per heavy atom. The minimum Gasteiger partial charge on any atom is -0.511 e. The van der Waals surface area contributed by atoms with Gasteiger partial charge in [-0.1, -0.05) is 29.3 Å². The quantitative estimate of drug-likeness (QED) is 0.632. The summed E-state index contributed by atoms with van der Waals surface area (Å²) in [7, 11) is 1.62. The van der Waals surface area contributed by atoms with Crippen LogP contribution in [0.4, 0.5) is 0 Å². The zero-order chi connectivity index (χ0) is 15.4. The summed E-state index contributed by atoms with van der Waals surface area (Å²) in [5, 5.41) is 11.7. The zero-order valence-corrected chi connectivity index (χ0v) is 13.9. The number of aliphatic imine (C=N–C) groups is 1. The minimum atomic E-state index is -0.0472. The molecule has 1 aromatic carbocycles. The molecule has 0 aromatic heterocycles. The van der Waals surface area contributed by atoms with Crippen LogP contribution in [0.15, 0.2) is 34.5 Å². The summed E-state index contributed by atoms with van der Waals surface area (Å²) in [4.78, 5) is 16.1. The number of rotatable bonds is 3. The van der Waals surface area contributed by atoms with Crippen molar-refractivity contribution in [2.24, 2.45) is 4.99 Å². The van der Waals surface area contributed by atoms with Crippen LogP contribution < -0.4 is 0 Å². The van der Waals surface area contributed by atoms with E-state index in [0.29, 0.717) is 45.7 Å². The number of hydrogen-bond donors (Lipinski definition) is 1. The predicted octanol–water partition coefficient (Wildman–Crippen LogP) is 4.82. The third-order valence-corrected chi connectivity index (χ3v) is 4.88. The maximum Gasteiger partial charge on any atom is 0.168 e. The fourth-order valence-electron chi connectivity index (χ4n) is 2.10. The number of carbonyl (C=O) groups excluding carboxylic acids is 1. The highest BCUT2D eigenvalue weighted by atomic mass is 35.5. The summed E-state index contributed by atoms with van der Waals surface area (Å²) in [5.41, 5.74) is 1.27. The number of halogens is 2. The summed E-state index contributed by atoms with van der Waals surface area (Å²) in [6.45, 7) is 0. The third kappa shape index (κ3) is 4.02. The van der Waals surface area contributed by atoms with Crippen molar-refractivity contribution in [3.05, 3.63) is 45.1 Å². The van der Waals surface area contributed by atoms with E-state index in [9.17, 15) is 9.90 Å². The van der Waals surface area contributed by atoms with E-state index < -0.39 is 0 Å². The topological polar surface area (TPSA) is 49.7 Å². The molecule has 0 saturated carbocycles. The number of aliphatic hydroxyl groups excluding tert-OH is 1. The maximum atomic E-state index is 12.0. The van der Waals surface area contributed by atoms with Gasteiger partial charge in [0.15, 0.2) is 5.78 Å². The van der Waals surface area contributed by atoms with Gasteiger partial charge in [-0.3, -0.25) is 9.79 Å². The maximum absolute atomic E-state index is 12.0. The molecule has 1 aromatic rings. The highest BCUT2D eigenvalue weighted by molar-refractivity contribution is 8.13. The van der Waals surface area contributed by atoms with Crippen LogP contribution in [0.5, 0.6) is 0 Å². The Balaban J connectivity index is 2.15. The Hall–Kier alpha value is -0.970.